The quantitative estimate of drug-likeness (QED) is 0.660. The second kappa shape index (κ2) is 6.69. The van der Waals surface area contributed by atoms with Crippen molar-refractivity contribution in [2.24, 2.45) is 7.05 Å². The van der Waals surface area contributed by atoms with Gasteiger partial charge in [0.05, 0.1) is 6.20 Å². The van der Waals surface area contributed by atoms with Crippen LogP contribution in [0.5, 0.6) is 5.75 Å². The number of aromatic nitrogens is 4. The maximum Gasteiger partial charge on any atom is 0.281 e. The standard InChI is InChI=1S/C17H19N5O4S/c1-11-3-7-13(8-4-11)25-10-15-19-17(20-26-15)21-27(23,24)16-14(12-5-6-12)9-18-22(16)2/h3-4,7-9,12H,5-6,10H2,1-2H3,(H,20,21). The van der Waals surface area contributed by atoms with Gasteiger partial charge < -0.3 is 9.26 Å². The average molecular weight is 389 g/mol. The summed E-state index contributed by atoms with van der Waals surface area (Å²) < 4.78 is 39.8. The molecule has 142 valence electrons. The lowest BCUT2D eigenvalue weighted by atomic mass is 10.2. The van der Waals surface area contributed by atoms with Gasteiger partial charge in [-0.25, -0.2) is 4.72 Å². The molecule has 0 radical (unpaired) electrons. The Labute approximate surface area is 156 Å². The number of nitrogens with one attached hydrogen (secondary N) is 1. The molecule has 2 aromatic heterocycles. The van der Waals surface area contributed by atoms with Gasteiger partial charge in [0.2, 0.25) is 0 Å². The summed E-state index contributed by atoms with van der Waals surface area (Å²) in [6.45, 7) is 2.02. The third-order valence-corrected chi connectivity index (χ3v) is 5.72. The van der Waals surface area contributed by atoms with Crippen molar-refractivity contribution in [3.05, 3.63) is 47.5 Å². The summed E-state index contributed by atoms with van der Waals surface area (Å²) in [7, 11) is -2.28. The smallest absolute Gasteiger partial charge is 0.281 e. The van der Waals surface area contributed by atoms with E-state index in [1.165, 1.54) is 4.68 Å². The van der Waals surface area contributed by atoms with Gasteiger partial charge >= 0.3 is 0 Å². The Kier molecular flexibility index (Phi) is 4.34. The predicted octanol–water partition coefficient (Wildman–Crippen LogP) is 2.37. The number of nitrogens with zero attached hydrogens (tertiary/aromatic N) is 4. The van der Waals surface area contributed by atoms with Gasteiger partial charge in [-0.15, -0.1) is 0 Å². The van der Waals surface area contributed by atoms with Crippen LogP contribution in [0.2, 0.25) is 0 Å². The van der Waals surface area contributed by atoms with E-state index < -0.39 is 10.0 Å². The van der Waals surface area contributed by atoms with Crippen molar-refractivity contribution in [3.63, 3.8) is 0 Å². The van der Waals surface area contributed by atoms with E-state index >= 15 is 0 Å². The fourth-order valence-corrected chi connectivity index (χ4v) is 4.09. The maximum absolute atomic E-state index is 12.7. The van der Waals surface area contributed by atoms with Crippen molar-refractivity contribution >= 4 is 16.0 Å². The van der Waals surface area contributed by atoms with E-state index in [0.29, 0.717) is 5.75 Å². The zero-order chi connectivity index (χ0) is 19.0. The zero-order valence-electron chi connectivity index (χ0n) is 14.9. The van der Waals surface area contributed by atoms with E-state index in [0.717, 1.165) is 24.0 Å². The largest absolute Gasteiger partial charge is 0.484 e. The summed E-state index contributed by atoms with van der Waals surface area (Å²) in [6, 6.07) is 7.51. The van der Waals surface area contributed by atoms with E-state index in [1.807, 2.05) is 31.2 Å². The minimum absolute atomic E-state index is 0.0385. The van der Waals surface area contributed by atoms with E-state index in [-0.39, 0.29) is 29.4 Å². The fourth-order valence-electron chi connectivity index (χ4n) is 2.75. The van der Waals surface area contributed by atoms with E-state index in [4.69, 9.17) is 9.26 Å². The normalized spacial score (nSPS) is 14.3. The van der Waals surface area contributed by atoms with Crippen LogP contribution in [0.15, 0.2) is 40.0 Å². The number of benzene rings is 1. The highest BCUT2D eigenvalue weighted by atomic mass is 32.2. The minimum atomic E-state index is -3.87. The summed E-state index contributed by atoms with van der Waals surface area (Å²) in [4.78, 5) is 4.04. The lowest BCUT2D eigenvalue weighted by Gasteiger charge is -2.07. The SMILES string of the molecule is Cc1ccc(OCc2nc(NS(=O)(=O)c3c(C4CC4)cnn3C)no2)cc1. The van der Waals surface area contributed by atoms with Gasteiger partial charge in [-0.05, 0) is 43.0 Å². The molecular weight excluding hydrogens is 370 g/mol. The highest BCUT2D eigenvalue weighted by Crippen LogP contribution is 2.42. The van der Waals surface area contributed by atoms with Gasteiger partial charge in [0, 0.05) is 12.6 Å². The highest BCUT2D eigenvalue weighted by molar-refractivity contribution is 7.92. The molecule has 1 N–H and O–H groups in total. The highest BCUT2D eigenvalue weighted by Gasteiger charge is 2.34. The minimum Gasteiger partial charge on any atom is -0.484 e. The molecule has 2 heterocycles. The van der Waals surface area contributed by atoms with Crippen LogP contribution in [0.4, 0.5) is 5.95 Å². The number of anilines is 1. The maximum atomic E-state index is 12.7. The third-order valence-electron chi connectivity index (χ3n) is 4.26. The number of ether oxygens (including phenoxy) is 1. The molecule has 0 amide bonds. The molecular formula is C17H19N5O4S. The molecule has 9 nitrogen and oxygen atoms in total. The van der Waals surface area contributed by atoms with Crippen molar-refractivity contribution in [2.75, 3.05) is 4.72 Å². The van der Waals surface area contributed by atoms with Crippen LogP contribution in [0.1, 0.15) is 35.8 Å². The molecule has 1 aliphatic carbocycles. The van der Waals surface area contributed by atoms with Gasteiger partial charge in [-0.3, -0.25) is 4.68 Å². The molecule has 3 aromatic rings. The van der Waals surface area contributed by atoms with Gasteiger partial charge in [0.1, 0.15) is 5.75 Å². The van der Waals surface area contributed by atoms with Crippen molar-refractivity contribution < 1.29 is 17.7 Å². The molecule has 0 atom stereocenters. The van der Waals surface area contributed by atoms with Crippen LogP contribution in [0, 0.1) is 6.92 Å². The van der Waals surface area contributed by atoms with Gasteiger partial charge in [-0.1, -0.05) is 17.7 Å². The molecule has 0 aliphatic heterocycles. The van der Waals surface area contributed by atoms with E-state index in [2.05, 4.69) is 20.0 Å². The first kappa shape index (κ1) is 17.5. The van der Waals surface area contributed by atoms with Crippen LogP contribution >= 0.6 is 0 Å². The van der Waals surface area contributed by atoms with Crippen LogP contribution in [-0.4, -0.2) is 28.3 Å². The monoisotopic (exact) mass is 389 g/mol. The van der Waals surface area contributed by atoms with E-state index in [9.17, 15) is 8.42 Å². The number of hydrogen-bond acceptors (Lipinski definition) is 7. The first-order valence-electron chi connectivity index (χ1n) is 8.49. The van der Waals surface area contributed by atoms with Crippen molar-refractivity contribution in [2.45, 2.75) is 37.3 Å². The molecule has 27 heavy (non-hydrogen) atoms. The number of rotatable bonds is 7. The molecule has 1 fully saturated rings. The molecule has 0 spiro atoms. The van der Waals surface area contributed by atoms with E-state index in [1.54, 1.807) is 13.2 Å². The summed E-state index contributed by atoms with van der Waals surface area (Å²) in [5.74, 6) is 0.931. The fraction of sp³-hybridized carbons (Fsp3) is 0.353. The Hall–Kier alpha value is -2.88. The van der Waals surface area contributed by atoms with Crippen molar-refractivity contribution in [3.8, 4) is 5.75 Å². The van der Waals surface area contributed by atoms with Crippen molar-refractivity contribution in [1.29, 1.82) is 0 Å². The molecule has 1 aromatic carbocycles. The molecule has 0 unspecified atom stereocenters. The van der Waals surface area contributed by atoms with Crippen LogP contribution in [-0.2, 0) is 23.7 Å². The lowest BCUT2D eigenvalue weighted by molar-refractivity contribution is 0.243. The van der Waals surface area contributed by atoms with Gasteiger partial charge in [0.15, 0.2) is 11.6 Å². The van der Waals surface area contributed by atoms with Gasteiger partial charge in [0.25, 0.3) is 21.9 Å². The molecule has 1 saturated carbocycles. The van der Waals surface area contributed by atoms with Crippen LogP contribution < -0.4 is 9.46 Å². The first-order valence-corrected chi connectivity index (χ1v) is 9.97. The zero-order valence-corrected chi connectivity index (χ0v) is 15.7. The molecule has 0 bridgehead atoms. The summed E-state index contributed by atoms with van der Waals surface area (Å²) in [6.07, 6.45) is 3.54. The molecule has 10 heteroatoms. The second-order valence-corrected chi connectivity index (χ2v) is 8.12. The topological polar surface area (TPSA) is 112 Å². The number of sulfonamides is 1. The predicted molar refractivity (Wildman–Crippen MR) is 95.8 cm³/mol. The molecule has 1 aliphatic rings. The van der Waals surface area contributed by atoms with Crippen LogP contribution in [0.3, 0.4) is 0 Å². The summed E-state index contributed by atoms with van der Waals surface area (Å²) in [5.41, 5.74) is 1.84. The average Bonchev–Trinajstić information content (AvgIpc) is 3.25. The van der Waals surface area contributed by atoms with Crippen LogP contribution in [0.25, 0.3) is 0 Å². The summed E-state index contributed by atoms with van der Waals surface area (Å²) >= 11 is 0. The molecule has 0 saturated heterocycles. The van der Waals surface area contributed by atoms with Crippen molar-refractivity contribution in [1.82, 2.24) is 19.9 Å². The third kappa shape index (κ3) is 3.80. The Morgan fingerprint density at radius 1 is 1.30 bits per heavy atom. The molecule has 4 rings (SSSR count). The Morgan fingerprint density at radius 3 is 2.74 bits per heavy atom. The Bertz CT molecular complexity index is 1050. The Morgan fingerprint density at radius 2 is 2.04 bits per heavy atom. The number of aryl methyl sites for hydroxylation is 2. The lowest BCUT2D eigenvalue weighted by Crippen LogP contribution is -2.19. The first-order chi connectivity index (χ1) is 12.9. The second-order valence-electron chi connectivity index (χ2n) is 6.52. The Balaban J connectivity index is 1.45. The summed E-state index contributed by atoms with van der Waals surface area (Å²) in [5, 5.41) is 7.88. The number of hydrogen-bond donors (Lipinski definition) is 1. The van der Waals surface area contributed by atoms with Gasteiger partial charge in [-0.2, -0.15) is 18.5 Å².